The molecule has 1 aromatic carbocycles. The van der Waals surface area contributed by atoms with Crippen LogP contribution in [-0.4, -0.2) is 19.7 Å². The Hall–Kier alpha value is -3.21. The van der Waals surface area contributed by atoms with E-state index in [0.717, 1.165) is 33.3 Å². The maximum Gasteiger partial charge on any atom is 0.123 e. The van der Waals surface area contributed by atoms with Gasteiger partial charge in [-0.25, -0.2) is 4.98 Å². The van der Waals surface area contributed by atoms with Crippen molar-refractivity contribution in [1.29, 1.82) is 0 Å². The van der Waals surface area contributed by atoms with Crippen molar-refractivity contribution in [2.45, 2.75) is 0 Å². The molecule has 0 aliphatic rings. The summed E-state index contributed by atoms with van der Waals surface area (Å²) in [7, 11) is 1.96. The highest BCUT2D eigenvalue weighted by atomic mass is 15.3. The highest BCUT2D eigenvalue weighted by molar-refractivity contribution is 5.96. The minimum absolute atomic E-state index is 0.522. The van der Waals surface area contributed by atoms with E-state index >= 15 is 0 Å². The summed E-state index contributed by atoms with van der Waals surface area (Å²) in [5.41, 5.74) is 10.9. The summed E-state index contributed by atoms with van der Waals surface area (Å²) in [6, 6.07) is 14.0. The Bertz CT molecular complexity index is 972. The van der Waals surface area contributed by atoms with E-state index in [1.807, 2.05) is 42.1 Å². The molecule has 4 aromatic rings. The van der Waals surface area contributed by atoms with Crippen LogP contribution in [0, 0.1) is 0 Å². The highest BCUT2D eigenvalue weighted by Gasteiger charge is 2.12. The molecule has 0 saturated carbocycles. The molecule has 3 heterocycles. The number of aryl methyl sites for hydroxylation is 1. The molecule has 0 saturated heterocycles. The zero-order chi connectivity index (χ0) is 15.8. The fourth-order valence-electron chi connectivity index (χ4n) is 2.81. The number of aromatic nitrogens is 4. The molecule has 0 spiro atoms. The monoisotopic (exact) mass is 301 g/mol. The second-order valence-corrected chi connectivity index (χ2v) is 5.41. The Labute approximate surface area is 133 Å². The van der Waals surface area contributed by atoms with Gasteiger partial charge >= 0.3 is 0 Å². The van der Waals surface area contributed by atoms with Crippen LogP contribution in [0.5, 0.6) is 0 Å². The Morgan fingerprint density at radius 3 is 2.43 bits per heavy atom. The third-order valence-corrected chi connectivity index (χ3v) is 3.91. The van der Waals surface area contributed by atoms with Gasteiger partial charge in [-0.3, -0.25) is 9.67 Å². The number of anilines is 1. The summed E-state index contributed by atoms with van der Waals surface area (Å²) in [6.45, 7) is 0. The van der Waals surface area contributed by atoms with Crippen molar-refractivity contribution in [1.82, 2.24) is 19.7 Å². The van der Waals surface area contributed by atoms with Crippen molar-refractivity contribution in [3.05, 3.63) is 61.1 Å². The third-order valence-electron chi connectivity index (χ3n) is 3.91. The summed E-state index contributed by atoms with van der Waals surface area (Å²) in [5.74, 6) is 0.522. The van der Waals surface area contributed by atoms with Crippen LogP contribution in [-0.2, 0) is 7.05 Å². The number of nitrogen functional groups attached to an aromatic ring is 1. The molecule has 4 rings (SSSR count). The van der Waals surface area contributed by atoms with Crippen LogP contribution in [0.3, 0.4) is 0 Å². The molecular formula is C18H15N5. The van der Waals surface area contributed by atoms with E-state index in [4.69, 9.17) is 5.73 Å². The lowest BCUT2D eigenvalue weighted by atomic mass is 10.0. The Balaban J connectivity index is 1.93. The first kappa shape index (κ1) is 13.5. The lowest BCUT2D eigenvalue weighted by molar-refractivity contribution is 0.788. The average Bonchev–Trinajstić information content (AvgIpc) is 2.91. The Morgan fingerprint density at radius 1 is 0.913 bits per heavy atom. The van der Waals surface area contributed by atoms with E-state index in [0.29, 0.717) is 5.82 Å². The molecule has 5 heteroatoms. The van der Waals surface area contributed by atoms with Crippen molar-refractivity contribution in [3.8, 4) is 22.4 Å². The first-order chi connectivity index (χ1) is 11.2. The second kappa shape index (κ2) is 5.21. The van der Waals surface area contributed by atoms with Gasteiger partial charge in [-0.1, -0.05) is 6.07 Å². The summed E-state index contributed by atoms with van der Waals surface area (Å²) in [6.07, 6.45) is 5.38. The van der Waals surface area contributed by atoms with Crippen molar-refractivity contribution < 1.29 is 0 Å². The number of nitrogens with two attached hydrogens (primary N) is 1. The molecular weight excluding hydrogens is 286 g/mol. The summed E-state index contributed by atoms with van der Waals surface area (Å²) < 4.78 is 1.91. The number of fused-ring (bicyclic) bond motifs is 1. The summed E-state index contributed by atoms with van der Waals surface area (Å²) in [4.78, 5) is 8.26. The molecule has 0 aliphatic heterocycles. The van der Waals surface area contributed by atoms with E-state index in [1.54, 1.807) is 18.6 Å². The predicted molar refractivity (Wildman–Crippen MR) is 91.6 cm³/mol. The number of benzene rings is 1. The molecule has 0 fully saturated rings. The number of rotatable bonds is 2. The minimum atomic E-state index is 0.522. The van der Waals surface area contributed by atoms with Gasteiger partial charge in [0.25, 0.3) is 0 Å². The molecule has 0 atom stereocenters. The lowest BCUT2D eigenvalue weighted by Gasteiger charge is -2.04. The molecule has 0 radical (unpaired) electrons. The van der Waals surface area contributed by atoms with Crippen LogP contribution in [0.4, 0.5) is 5.82 Å². The van der Waals surface area contributed by atoms with Crippen LogP contribution in [0.15, 0.2) is 61.1 Å². The predicted octanol–water partition coefficient (Wildman–Crippen LogP) is 3.28. The smallest absolute Gasteiger partial charge is 0.123 e. The van der Waals surface area contributed by atoms with Crippen molar-refractivity contribution >= 4 is 16.7 Å². The van der Waals surface area contributed by atoms with Gasteiger partial charge in [0.2, 0.25) is 0 Å². The molecule has 23 heavy (non-hydrogen) atoms. The zero-order valence-electron chi connectivity index (χ0n) is 12.6. The van der Waals surface area contributed by atoms with Gasteiger partial charge in [0, 0.05) is 42.2 Å². The van der Waals surface area contributed by atoms with Crippen LogP contribution in [0.1, 0.15) is 0 Å². The van der Waals surface area contributed by atoms with Gasteiger partial charge in [0.15, 0.2) is 0 Å². The second-order valence-electron chi connectivity index (χ2n) is 5.41. The summed E-state index contributed by atoms with van der Waals surface area (Å²) >= 11 is 0. The average molecular weight is 301 g/mol. The number of hydrogen-bond acceptors (Lipinski definition) is 4. The van der Waals surface area contributed by atoms with Gasteiger partial charge in [-0.05, 0) is 42.0 Å². The molecule has 2 N–H and O–H groups in total. The van der Waals surface area contributed by atoms with Gasteiger partial charge < -0.3 is 5.73 Å². The first-order valence-corrected chi connectivity index (χ1v) is 7.31. The number of pyridine rings is 2. The quantitative estimate of drug-likeness (QED) is 0.617. The molecule has 3 aromatic heterocycles. The van der Waals surface area contributed by atoms with Gasteiger partial charge in [0.05, 0.1) is 11.2 Å². The van der Waals surface area contributed by atoms with Crippen LogP contribution in [0.25, 0.3) is 33.3 Å². The topological polar surface area (TPSA) is 69.6 Å². The molecule has 0 unspecified atom stereocenters. The lowest BCUT2D eigenvalue weighted by Crippen LogP contribution is -1.93. The minimum Gasteiger partial charge on any atom is -0.384 e. The highest BCUT2D eigenvalue weighted by Crippen LogP contribution is 2.31. The fourth-order valence-corrected chi connectivity index (χ4v) is 2.81. The largest absolute Gasteiger partial charge is 0.384 e. The normalized spacial score (nSPS) is 11.0. The van der Waals surface area contributed by atoms with Crippen LogP contribution >= 0.6 is 0 Å². The SMILES string of the molecule is Cn1nc2ccc(-c3ccc(N)nc3)cc2c1-c1ccncc1. The molecule has 112 valence electrons. The van der Waals surface area contributed by atoms with Gasteiger partial charge in [-0.2, -0.15) is 5.10 Å². The maximum atomic E-state index is 5.67. The molecule has 0 bridgehead atoms. The molecule has 0 amide bonds. The van der Waals surface area contributed by atoms with Crippen LogP contribution in [0.2, 0.25) is 0 Å². The van der Waals surface area contributed by atoms with E-state index < -0.39 is 0 Å². The standard InChI is InChI=1S/C18H15N5/c1-23-18(12-6-8-20-9-7-12)15-10-13(2-4-16(15)22-23)14-3-5-17(19)21-11-14/h2-11H,1H3,(H2,19,21). The van der Waals surface area contributed by atoms with E-state index in [2.05, 4.69) is 27.2 Å². The Morgan fingerprint density at radius 2 is 1.70 bits per heavy atom. The van der Waals surface area contributed by atoms with Crippen LogP contribution < -0.4 is 5.73 Å². The van der Waals surface area contributed by atoms with Gasteiger partial charge in [-0.15, -0.1) is 0 Å². The van der Waals surface area contributed by atoms with Crippen molar-refractivity contribution in [2.75, 3.05) is 5.73 Å². The van der Waals surface area contributed by atoms with Crippen molar-refractivity contribution in [2.24, 2.45) is 7.05 Å². The van der Waals surface area contributed by atoms with Crippen molar-refractivity contribution in [3.63, 3.8) is 0 Å². The molecule has 5 nitrogen and oxygen atoms in total. The van der Waals surface area contributed by atoms with Gasteiger partial charge in [0.1, 0.15) is 5.82 Å². The zero-order valence-corrected chi connectivity index (χ0v) is 12.6. The third kappa shape index (κ3) is 2.32. The van der Waals surface area contributed by atoms with E-state index in [1.165, 1.54) is 0 Å². The maximum absolute atomic E-state index is 5.67. The summed E-state index contributed by atoms with van der Waals surface area (Å²) in [5, 5.41) is 5.70. The fraction of sp³-hybridized carbons (Fsp3) is 0.0556. The van der Waals surface area contributed by atoms with E-state index in [-0.39, 0.29) is 0 Å². The number of nitrogens with zero attached hydrogens (tertiary/aromatic N) is 4. The number of hydrogen-bond donors (Lipinski definition) is 1. The first-order valence-electron chi connectivity index (χ1n) is 7.31. The Kier molecular flexibility index (Phi) is 3.05. The van der Waals surface area contributed by atoms with E-state index in [9.17, 15) is 0 Å². The molecule has 0 aliphatic carbocycles.